The molecule has 0 saturated carbocycles. The minimum absolute atomic E-state index is 0.0380. The molecular weight excluding hydrogens is 368 g/mol. The van der Waals surface area contributed by atoms with Gasteiger partial charge in [-0.15, -0.1) is 0 Å². The Balaban J connectivity index is 2.37. The molecule has 2 aromatic rings. The van der Waals surface area contributed by atoms with Crippen molar-refractivity contribution in [3.05, 3.63) is 68.8 Å². The van der Waals surface area contributed by atoms with Crippen LogP contribution < -0.4 is 0 Å². The van der Waals surface area contributed by atoms with Crippen LogP contribution in [0.25, 0.3) is 0 Å². The molecule has 0 aliphatic carbocycles. The first kappa shape index (κ1) is 14.0. The Hall–Kier alpha value is -1.37. The molecule has 0 radical (unpaired) electrons. The largest absolute Gasteiger partial charge is 0.416 e. The molecule has 0 amide bonds. The summed E-state index contributed by atoms with van der Waals surface area (Å²) in [5, 5.41) is 0. The van der Waals surface area contributed by atoms with Crippen LogP contribution in [0.15, 0.2) is 48.5 Å². The Kier molecular flexibility index (Phi) is 3.93. The van der Waals surface area contributed by atoms with Crippen molar-refractivity contribution in [1.29, 1.82) is 0 Å². The lowest BCUT2D eigenvalue weighted by molar-refractivity contribution is -0.137. The maximum atomic E-state index is 12.6. The number of carbonyl (C=O) groups is 1. The second-order valence-corrected chi connectivity index (χ2v) is 5.16. The highest BCUT2D eigenvalue weighted by Gasteiger charge is 2.30. The Morgan fingerprint density at radius 2 is 1.58 bits per heavy atom. The molecular formula is C14H8F3IO. The fourth-order valence-electron chi connectivity index (χ4n) is 1.60. The first-order valence-corrected chi connectivity index (χ1v) is 6.43. The van der Waals surface area contributed by atoms with Gasteiger partial charge < -0.3 is 0 Å². The van der Waals surface area contributed by atoms with E-state index in [1.165, 1.54) is 12.1 Å². The highest BCUT2D eigenvalue weighted by atomic mass is 127. The van der Waals surface area contributed by atoms with Gasteiger partial charge in [0, 0.05) is 14.7 Å². The summed E-state index contributed by atoms with van der Waals surface area (Å²) in [4.78, 5) is 12.1. The van der Waals surface area contributed by atoms with Gasteiger partial charge in [0.05, 0.1) is 5.56 Å². The molecule has 0 atom stereocenters. The highest BCUT2D eigenvalue weighted by Crippen LogP contribution is 2.30. The summed E-state index contributed by atoms with van der Waals surface area (Å²) >= 11 is 2.09. The van der Waals surface area contributed by atoms with E-state index in [1.807, 2.05) is 0 Å². The lowest BCUT2D eigenvalue weighted by Gasteiger charge is -2.08. The molecule has 2 rings (SSSR count). The van der Waals surface area contributed by atoms with Gasteiger partial charge in [-0.05, 0) is 59.0 Å². The maximum Gasteiger partial charge on any atom is 0.416 e. The number of halogens is 4. The van der Waals surface area contributed by atoms with Crippen LogP contribution in [0.2, 0.25) is 0 Å². The van der Waals surface area contributed by atoms with Crippen molar-refractivity contribution in [2.75, 3.05) is 0 Å². The zero-order valence-corrected chi connectivity index (χ0v) is 11.7. The summed E-state index contributed by atoms with van der Waals surface area (Å²) in [5.74, 6) is -0.414. The Bertz CT molecular complexity index is 603. The van der Waals surface area contributed by atoms with Crippen LogP contribution in [0.5, 0.6) is 0 Å². The summed E-state index contributed by atoms with van der Waals surface area (Å²) in [7, 11) is 0. The monoisotopic (exact) mass is 376 g/mol. The van der Waals surface area contributed by atoms with Gasteiger partial charge in [-0.3, -0.25) is 4.79 Å². The molecule has 19 heavy (non-hydrogen) atoms. The molecule has 0 bridgehead atoms. The molecule has 0 fully saturated rings. The average Bonchev–Trinajstić information content (AvgIpc) is 2.38. The van der Waals surface area contributed by atoms with Gasteiger partial charge in [0.2, 0.25) is 0 Å². The van der Waals surface area contributed by atoms with Crippen molar-refractivity contribution in [2.24, 2.45) is 0 Å². The molecule has 0 aliphatic heterocycles. The summed E-state index contributed by atoms with van der Waals surface area (Å²) in [6, 6.07) is 11.1. The summed E-state index contributed by atoms with van der Waals surface area (Å²) in [5.41, 5.74) is -0.403. The zero-order chi connectivity index (χ0) is 14.0. The average molecular weight is 376 g/mol. The van der Waals surface area contributed by atoms with E-state index in [2.05, 4.69) is 22.6 Å². The molecule has 0 unspecified atom stereocenters. The van der Waals surface area contributed by atoms with Gasteiger partial charge in [-0.1, -0.05) is 12.1 Å². The van der Waals surface area contributed by atoms with Gasteiger partial charge in [0.25, 0.3) is 0 Å². The molecule has 0 aromatic heterocycles. The van der Waals surface area contributed by atoms with E-state index in [1.54, 1.807) is 24.3 Å². The Morgan fingerprint density at radius 3 is 2.16 bits per heavy atom. The van der Waals surface area contributed by atoms with Crippen molar-refractivity contribution in [2.45, 2.75) is 6.18 Å². The van der Waals surface area contributed by atoms with Crippen molar-refractivity contribution >= 4 is 28.4 Å². The van der Waals surface area contributed by atoms with E-state index in [-0.39, 0.29) is 5.56 Å². The fraction of sp³-hybridized carbons (Fsp3) is 0.0714. The van der Waals surface area contributed by atoms with Crippen LogP contribution in [0.3, 0.4) is 0 Å². The van der Waals surface area contributed by atoms with Crippen LogP contribution in [-0.2, 0) is 6.18 Å². The second kappa shape index (κ2) is 5.32. The Labute approximate surface area is 121 Å². The SMILES string of the molecule is O=C(c1ccc(I)cc1)c1cccc(C(F)(F)F)c1. The molecule has 5 heteroatoms. The molecule has 0 spiro atoms. The van der Waals surface area contributed by atoms with Crippen molar-refractivity contribution in [1.82, 2.24) is 0 Å². The summed E-state index contributed by atoms with van der Waals surface area (Å²) in [6.45, 7) is 0. The number of hydrogen-bond acceptors (Lipinski definition) is 1. The summed E-state index contributed by atoms with van der Waals surface area (Å²) < 4.78 is 38.7. The lowest BCUT2D eigenvalue weighted by atomic mass is 10.0. The van der Waals surface area contributed by atoms with E-state index in [0.717, 1.165) is 15.7 Å². The number of benzene rings is 2. The van der Waals surface area contributed by atoms with E-state index in [4.69, 9.17) is 0 Å². The standard InChI is InChI=1S/C14H8F3IO/c15-14(16,17)11-3-1-2-10(8-11)13(19)9-4-6-12(18)7-5-9/h1-8H. The smallest absolute Gasteiger partial charge is 0.289 e. The number of rotatable bonds is 2. The molecule has 0 N–H and O–H groups in total. The van der Waals surface area contributed by atoms with Gasteiger partial charge in [0.15, 0.2) is 5.78 Å². The Morgan fingerprint density at radius 1 is 0.947 bits per heavy atom. The normalized spacial score (nSPS) is 11.4. The topological polar surface area (TPSA) is 17.1 Å². The van der Waals surface area contributed by atoms with E-state index in [0.29, 0.717) is 5.56 Å². The van der Waals surface area contributed by atoms with Gasteiger partial charge in [-0.25, -0.2) is 0 Å². The lowest BCUT2D eigenvalue weighted by Crippen LogP contribution is -2.08. The van der Waals surface area contributed by atoms with E-state index < -0.39 is 17.5 Å². The van der Waals surface area contributed by atoms with Gasteiger partial charge >= 0.3 is 6.18 Å². The summed E-state index contributed by atoms with van der Waals surface area (Å²) in [6.07, 6.45) is -4.44. The number of alkyl halides is 3. The van der Waals surface area contributed by atoms with Crippen LogP contribution in [0.4, 0.5) is 13.2 Å². The number of ketones is 1. The predicted octanol–water partition coefficient (Wildman–Crippen LogP) is 4.54. The molecule has 0 saturated heterocycles. The number of hydrogen-bond donors (Lipinski definition) is 0. The van der Waals surface area contributed by atoms with Gasteiger partial charge in [-0.2, -0.15) is 13.2 Å². The molecule has 1 nitrogen and oxygen atoms in total. The third-order valence-corrected chi connectivity index (χ3v) is 3.28. The predicted molar refractivity (Wildman–Crippen MR) is 74.0 cm³/mol. The molecule has 98 valence electrons. The third-order valence-electron chi connectivity index (χ3n) is 2.56. The maximum absolute atomic E-state index is 12.6. The molecule has 0 aliphatic rings. The zero-order valence-electron chi connectivity index (χ0n) is 9.54. The van der Waals surface area contributed by atoms with Crippen molar-refractivity contribution in [3.63, 3.8) is 0 Å². The first-order chi connectivity index (χ1) is 8.88. The molecule has 2 aromatic carbocycles. The minimum Gasteiger partial charge on any atom is -0.289 e. The van der Waals surface area contributed by atoms with Gasteiger partial charge in [0.1, 0.15) is 0 Å². The molecule has 0 heterocycles. The first-order valence-electron chi connectivity index (χ1n) is 5.35. The highest BCUT2D eigenvalue weighted by molar-refractivity contribution is 14.1. The van der Waals surface area contributed by atoms with Crippen molar-refractivity contribution < 1.29 is 18.0 Å². The van der Waals surface area contributed by atoms with E-state index in [9.17, 15) is 18.0 Å². The minimum atomic E-state index is -4.44. The van der Waals surface area contributed by atoms with Crippen LogP contribution in [-0.4, -0.2) is 5.78 Å². The van der Waals surface area contributed by atoms with E-state index >= 15 is 0 Å². The second-order valence-electron chi connectivity index (χ2n) is 3.91. The fourth-order valence-corrected chi connectivity index (χ4v) is 1.96. The van der Waals surface area contributed by atoms with Crippen LogP contribution >= 0.6 is 22.6 Å². The quantitative estimate of drug-likeness (QED) is 0.556. The third kappa shape index (κ3) is 3.34. The van der Waals surface area contributed by atoms with Crippen molar-refractivity contribution in [3.8, 4) is 0 Å². The van der Waals surface area contributed by atoms with Crippen LogP contribution in [0.1, 0.15) is 21.5 Å². The van der Waals surface area contributed by atoms with Crippen LogP contribution in [0, 0.1) is 3.57 Å². The number of carbonyl (C=O) groups excluding carboxylic acids is 1.